The van der Waals surface area contributed by atoms with Crippen LogP contribution in [0.3, 0.4) is 0 Å². The van der Waals surface area contributed by atoms with E-state index >= 15 is 0 Å². The predicted molar refractivity (Wildman–Crippen MR) is 88.9 cm³/mol. The first-order valence-electron chi connectivity index (χ1n) is 7.24. The van der Waals surface area contributed by atoms with Gasteiger partial charge in [0.05, 0.1) is 11.0 Å². The van der Waals surface area contributed by atoms with Crippen LogP contribution in [0.2, 0.25) is 5.02 Å². The first-order valence-corrected chi connectivity index (χ1v) is 7.62. The maximum atomic E-state index is 13.3. The number of halogens is 2. The van der Waals surface area contributed by atoms with Gasteiger partial charge in [0.1, 0.15) is 11.5 Å². The molecule has 0 spiro atoms. The summed E-state index contributed by atoms with van der Waals surface area (Å²) in [6.07, 6.45) is 0. The molecule has 0 aromatic heterocycles. The Morgan fingerprint density at radius 3 is 2.39 bits per heavy atom. The molecule has 1 saturated heterocycles. The Kier molecular flexibility index (Phi) is 4.34. The second kappa shape index (κ2) is 6.42. The van der Waals surface area contributed by atoms with Gasteiger partial charge in [0, 0.05) is 36.9 Å². The largest absolute Gasteiger partial charge is 0.368 e. The van der Waals surface area contributed by atoms with Crippen molar-refractivity contribution >= 4 is 28.7 Å². The maximum absolute atomic E-state index is 13.3. The van der Waals surface area contributed by atoms with Gasteiger partial charge in [0.15, 0.2) is 0 Å². The van der Waals surface area contributed by atoms with Crippen LogP contribution in [0, 0.1) is 15.9 Å². The first kappa shape index (κ1) is 15.6. The molecule has 1 aliphatic heterocycles. The van der Waals surface area contributed by atoms with E-state index in [-0.39, 0.29) is 5.69 Å². The van der Waals surface area contributed by atoms with Crippen molar-refractivity contribution < 1.29 is 9.31 Å². The van der Waals surface area contributed by atoms with Crippen LogP contribution in [0.25, 0.3) is 0 Å². The summed E-state index contributed by atoms with van der Waals surface area (Å²) in [6, 6.07) is 11.3. The van der Waals surface area contributed by atoms with E-state index in [0.717, 1.165) is 24.8 Å². The number of rotatable bonds is 3. The molecule has 23 heavy (non-hydrogen) atoms. The number of anilines is 2. The third-order valence-corrected chi connectivity index (χ3v) is 4.16. The third-order valence-electron chi connectivity index (χ3n) is 3.93. The summed E-state index contributed by atoms with van der Waals surface area (Å²) in [5, 5.41) is 11.8. The van der Waals surface area contributed by atoms with E-state index in [1.165, 1.54) is 12.1 Å². The molecule has 120 valence electrons. The topological polar surface area (TPSA) is 49.6 Å². The predicted octanol–water partition coefficient (Wildman–Crippen LogP) is 3.71. The Labute approximate surface area is 138 Å². The lowest BCUT2D eigenvalue weighted by molar-refractivity contribution is -0.384. The molecule has 0 bridgehead atoms. The van der Waals surface area contributed by atoms with Gasteiger partial charge >= 0.3 is 0 Å². The number of hydrogen-bond donors (Lipinski definition) is 0. The fourth-order valence-electron chi connectivity index (χ4n) is 2.79. The molecule has 0 amide bonds. The molecule has 5 nitrogen and oxygen atoms in total. The van der Waals surface area contributed by atoms with E-state index in [9.17, 15) is 14.5 Å². The molecule has 0 saturated carbocycles. The molecule has 1 aliphatic rings. The molecular weight excluding hydrogens is 321 g/mol. The number of hydrogen-bond acceptors (Lipinski definition) is 4. The zero-order valence-electron chi connectivity index (χ0n) is 12.3. The zero-order valence-corrected chi connectivity index (χ0v) is 13.0. The van der Waals surface area contributed by atoms with Crippen molar-refractivity contribution in [1.29, 1.82) is 0 Å². The summed E-state index contributed by atoms with van der Waals surface area (Å²) in [6.45, 7) is 2.68. The lowest BCUT2D eigenvalue weighted by atomic mass is 10.2. The van der Waals surface area contributed by atoms with E-state index in [1.54, 1.807) is 0 Å². The van der Waals surface area contributed by atoms with Crippen LogP contribution in [0.1, 0.15) is 0 Å². The van der Waals surface area contributed by atoms with E-state index in [0.29, 0.717) is 23.8 Å². The van der Waals surface area contributed by atoms with Crippen LogP contribution in [-0.4, -0.2) is 31.1 Å². The van der Waals surface area contributed by atoms with Crippen LogP contribution in [0.5, 0.6) is 0 Å². The quantitative estimate of drug-likeness (QED) is 0.633. The first-order chi connectivity index (χ1) is 11.0. The average Bonchev–Trinajstić information content (AvgIpc) is 2.55. The van der Waals surface area contributed by atoms with Gasteiger partial charge in [-0.15, -0.1) is 0 Å². The molecule has 0 atom stereocenters. The lowest BCUT2D eigenvalue weighted by Gasteiger charge is -2.37. The number of nitrogens with zero attached hydrogens (tertiary/aromatic N) is 3. The molecule has 1 fully saturated rings. The van der Waals surface area contributed by atoms with Crippen LogP contribution >= 0.6 is 11.6 Å². The molecule has 0 N–H and O–H groups in total. The lowest BCUT2D eigenvalue weighted by Crippen LogP contribution is -2.46. The Morgan fingerprint density at radius 2 is 1.74 bits per heavy atom. The summed E-state index contributed by atoms with van der Waals surface area (Å²) in [4.78, 5) is 14.7. The van der Waals surface area contributed by atoms with Crippen molar-refractivity contribution in [3.8, 4) is 0 Å². The summed E-state index contributed by atoms with van der Waals surface area (Å²) < 4.78 is 13.3. The molecule has 0 radical (unpaired) electrons. The highest BCUT2D eigenvalue weighted by Gasteiger charge is 2.24. The van der Waals surface area contributed by atoms with Crippen LogP contribution in [0.4, 0.5) is 21.5 Å². The Morgan fingerprint density at radius 1 is 1.04 bits per heavy atom. The summed E-state index contributed by atoms with van der Waals surface area (Å²) >= 11 is 6.01. The fraction of sp³-hybridized carbons (Fsp3) is 0.250. The Hall–Kier alpha value is -2.34. The van der Waals surface area contributed by atoms with E-state index in [2.05, 4.69) is 4.90 Å². The summed E-state index contributed by atoms with van der Waals surface area (Å²) in [5.74, 6) is -0.599. The second-order valence-electron chi connectivity index (χ2n) is 5.34. The smallest absolute Gasteiger partial charge is 0.295 e. The van der Waals surface area contributed by atoms with Crippen molar-refractivity contribution in [3.63, 3.8) is 0 Å². The third kappa shape index (κ3) is 3.37. The number of nitro groups is 1. The van der Waals surface area contributed by atoms with Gasteiger partial charge in [-0.1, -0.05) is 17.7 Å². The van der Waals surface area contributed by atoms with Gasteiger partial charge in [0.2, 0.25) is 0 Å². The average molecular weight is 336 g/mol. The van der Waals surface area contributed by atoms with Crippen molar-refractivity contribution in [1.82, 2.24) is 0 Å². The highest BCUT2D eigenvalue weighted by Crippen LogP contribution is 2.30. The summed E-state index contributed by atoms with van der Waals surface area (Å²) in [7, 11) is 0. The molecule has 2 aromatic rings. The molecule has 1 heterocycles. The van der Waals surface area contributed by atoms with Gasteiger partial charge < -0.3 is 9.80 Å². The SMILES string of the molecule is O=[N+]([O-])c1cc(F)ccc1N1CCN(c2cccc(Cl)c2)CC1. The highest BCUT2D eigenvalue weighted by molar-refractivity contribution is 6.30. The van der Waals surface area contributed by atoms with Crippen molar-refractivity contribution in [2.24, 2.45) is 0 Å². The minimum atomic E-state index is -0.599. The minimum Gasteiger partial charge on any atom is -0.368 e. The van der Waals surface area contributed by atoms with Crippen LogP contribution in [0.15, 0.2) is 42.5 Å². The highest BCUT2D eigenvalue weighted by atomic mass is 35.5. The van der Waals surface area contributed by atoms with Gasteiger partial charge in [-0.25, -0.2) is 4.39 Å². The van der Waals surface area contributed by atoms with Gasteiger partial charge in [0.25, 0.3) is 5.69 Å². The number of benzene rings is 2. The monoisotopic (exact) mass is 335 g/mol. The van der Waals surface area contributed by atoms with Crippen molar-refractivity contribution in [2.75, 3.05) is 36.0 Å². The van der Waals surface area contributed by atoms with E-state index in [1.807, 2.05) is 29.2 Å². The zero-order chi connectivity index (χ0) is 16.4. The standard InChI is InChI=1S/C16H15ClFN3O2/c17-12-2-1-3-14(10-12)19-6-8-20(9-7-19)15-5-4-13(18)11-16(15)21(22)23/h1-5,10-11H,6-9H2. The normalized spacial score (nSPS) is 14.9. The number of piperazine rings is 1. The molecule has 0 aliphatic carbocycles. The molecule has 2 aromatic carbocycles. The number of nitro benzene ring substituents is 1. The molecular formula is C16H15ClFN3O2. The van der Waals surface area contributed by atoms with Gasteiger partial charge in [-0.3, -0.25) is 10.1 Å². The Balaban J connectivity index is 1.76. The minimum absolute atomic E-state index is 0.193. The van der Waals surface area contributed by atoms with Crippen LogP contribution < -0.4 is 9.80 Å². The summed E-state index contributed by atoms with van der Waals surface area (Å²) in [5.41, 5.74) is 1.30. The fourth-order valence-corrected chi connectivity index (χ4v) is 2.97. The van der Waals surface area contributed by atoms with Crippen molar-refractivity contribution in [3.05, 3.63) is 63.4 Å². The van der Waals surface area contributed by atoms with Gasteiger partial charge in [-0.05, 0) is 30.3 Å². The molecule has 7 heteroatoms. The molecule has 3 rings (SSSR count). The van der Waals surface area contributed by atoms with E-state index in [4.69, 9.17) is 11.6 Å². The van der Waals surface area contributed by atoms with E-state index < -0.39 is 10.7 Å². The maximum Gasteiger partial charge on any atom is 0.295 e. The molecule has 0 unspecified atom stereocenters. The Bertz CT molecular complexity index is 733. The van der Waals surface area contributed by atoms with Crippen molar-refractivity contribution in [2.45, 2.75) is 0 Å². The second-order valence-corrected chi connectivity index (χ2v) is 5.78. The van der Waals surface area contributed by atoms with Crippen LogP contribution in [-0.2, 0) is 0 Å². The van der Waals surface area contributed by atoms with Gasteiger partial charge in [-0.2, -0.15) is 0 Å².